The highest BCUT2D eigenvalue weighted by Gasteiger charge is 2.09. The van der Waals surface area contributed by atoms with Crippen molar-refractivity contribution in [1.29, 1.82) is 0 Å². The molecule has 2 aromatic rings. The van der Waals surface area contributed by atoms with Gasteiger partial charge in [0.05, 0.1) is 12.5 Å². The van der Waals surface area contributed by atoms with Crippen LogP contribution < -0.4 is 5.32 Å². The molecule has 0 saturated heterocycles. The molecule has 0 radical (unpaired) electrons. The van der Waals surface area contributed by atoms with E-state index in [4.69, 9.17) is 11.6 Å². The fourth-order valence-corrected chi connectivity index (χ4v) is 1.89. The number of aromatic nitrogens is 1. The molecule has 0 saturated carbocycles. The largest absolute Gasteiger partial charge is 0.387 e. The van der Waals surface area contributed by atoms with Crippen LogP contribution in [0, 0.1) is 0 Å². The molecule has 1 heterocycles. The third kappa shape index (κ3) is 4.33. The second-order valence-electron chi connectivity index (χ2n) is 4.41. The summed E-state index contributed by atoms with van der Waals surface area (Å²) < 4.78 is 0. The second-order valence-corrected chi connectivity index (χ2v) is 4.85. The van der Waals surface area contributed by atoms with E-state index < -0.39 is 6.10 Å². The standard InChI is InChI=1S/C15H15ClN2O2/c16-13-5-3-12(4-6-13)14(19)10-18-15(20)8-11-2-1-7-17-9-11/h1-7,9,14,19H,8,10H2,(H,18,20). The Balaban J connectivity index is 1.82. The highest BCUT2D eigenvalue weighted by molar-refractivity contribution is 6.30. The molecular formula is C15H15ClN2O2. The van der Waals surface area contributed by atoms with Gasteiger partial charge in [0.1, 0.15) is 0 Å². The Morgan fingerprint density at radius 3 is 2.70 bits per heavy atom. The van der Waals surface area contributed by atoms with Crippen molar-refractivity contribution >= 4 is 17.5 Å². The molecule has 1 aromatic carbocycles. The van der Waals surface area contributed by atoms with Gasteiger partial charge in [-0.15, -0.1) is 0 Å². The van der Waals surface area contributed by atoms with Crippen LogP contribution in [0.15, 0.2) is 48.8 Å². The van der Waals surface area contributed by atoms with Crippen LogP contribution in [0.1, 0.15) is 17.2 Å². The number of amides is 1. The van der Waals surface area contributed by atoms with Gasteiger partial charge in [0.15, 0.2) is 0 Å². The SMILES string of the molecule is O=C(Cc1cccnc1)NCC(O)c1ccc(Cl)cc1. The van der Waals surface area contributed by atoms with Gasteiger partial charge < -0.3 is 10.4 Å². The Hall–Kier alpha value is -1.91. The number of halogens is 1. The first-order chi connectivity index (χ1) is 9.65. The van der Waals surface area contributed by atoms with Gasteiger partial charge in [-0.05, 0) is 29.3 Å². The number of pyridine rings is 1. The van der Waals surface area contributed by atoms with Crippen LogP contribution in [-0.2, 0) is 11.2 Å². The van der Waals surface area contributed by atoms with E-state index in [0.717, 1.165) is 11.1 Å². The Bertz CT molecular complexity index is 558. The van der Waals surface area contributed by atoms with Crippen molar-refractivity contribution in [1.82, 2.24) is 10.3 Å². The van der Waals surface area contributed by atoms with Gasteiger partial charge in [-0.25, -0.2) is 0 Å². The van der Waals surface area contributed by atoms with Crippen LogP contribution >= 0.6 is 11.6 Å². The molecule has 104 valence electrons. The second kappa shape index (κ2) is 7.03. The van der Waals surface area contributed by atoms with Crippen LogP contribution in [0.25, 0.3) is 0 Å². The van der Waals surface area contributed by atoms with Crippen molar-refractivity contribution in [2.45, 2.75) is 12.5 Å². The first-order valence-electron chi connectivity index (χ1n) is 6.24. The van der Waals surface area contributed by atoms with Crippen LogP contribution in [0.3, 0.4) is 0 Å². The summed E-state index contributed by atoms with van der Waals surface area (Å²) in [6, 6.07) is 10.5. The molecule has 1 amide bonds. The summed E-state index contributed by atoms with van der Waals surface area (Å²) in [6.45, 7) is 0.167. The maximum Gasteiger partial charge on any atom is 0.224 e. The first kappa shape index (κ1) is 14.5. The van der Waals surface area contributed by atoms with Crippen molar-refractivity contribution in [2.75, 3.05) is 6.54 Å². The van der Waals surface area contributed by atoms with E-state index in [0.29, 0.717) is 5.02 Å². The van der Waals surface area contributed by atoms with E-state index in [9.17, 15) is 9.90 Å². The van der Waals surface area contributed by atoms with Crippen LogP contribution in [-0.4, -0.2) is 22.5 Å². The molecule has 0 fully saturated rings. The molecule has 0 aliphatic carbocycles. The molecular weight excluding hydrogens is 276 g/mol. The van der Waals surface area contributed by atoms with Gasteiger partial charge in [0.25, 0.3) is 0 Å². The zero-order valence-electron chi connectivity index (χ0n) is 10.8. The molecule has 1 unspecified atom stereocenters. The maximum absolute atomic E-state index is 11.7. The summed E-state index contributed by atoms with van der Waals surface area (Å²) in [7, 11) is 0. The number of carbonyl (C=O) groups is 1. The number of rotatable bonds is 5. The quantitative estimate of drug-likeness (QED) is 0.887. The Labute approximate surface area is 122 Å². The zero-order valence-corrected chi connectivity index (χ0v) is 11.5. The first-order valence-corrected chi connectivity index (χ1v) is 6.62. The minimum atomic E-state index is -0.745. The van der Waals surface area contributed by atoms with Gasteiger partial charge in [-0.1, -0.05) is 29.8 Å². The van der Waals surface area contributed by atoms with Crippen molar-refractivity contribution in [2.24, 2.45) is 0 Å². The Kier molecular flexibility index (Phi) is 5.09. The maximum atomic E-state index is 11.7. The predicted molar refractivity (Wildman–Crippen MR) is 77.4 cm³/mol. The molecule has 0 bridgehead atoms. The van der Waals surface area contributed by atoms with Gasteiger partial charge in [0, 0.05) is 24.0 Å². The van der Waals surface area contributed by atoms with Crippen molar-refractivity contribution < 1.29 is 9.90 Å². The number of hydrogen-bond donors (Lipinski definition) is 2. The predicted octanol–water partition coefficient (Wildman–Crippen LogP) is 2.13. The monoisotopic (exact) mass is 290 g/mol. The van der Waals surface area contributed by atoms with E-state index in [-0.39, 0.29) is 18.9 Å². The molecule has 1 aromatic heterocycles. The fourth-order valence-electron chi connectivity index (χ4n) is 1.76. The molecule has 4 nitrogen and oxygen atoms in total. The smallest absolute Gasteiger partial charge is 0.224 e. The lowest BCUT2D eigenvalue weighted by Gasteiger charge is -2.12. The van der Waals surface area contributed by atoms with E-state index >= 15 is 0 Å². The van der Waals surface area contributed by atoms with E-state index in [1.165, 1.54) is 0 Å². The summed E-state index contributed by atoms with van der Waals surface area (Å²) in [4.78, 5) is 15.7. The number of nitrogens with zero attached hydrogens (tertiary/aromatic N) is 1. The molecule has 0 aliphatic rings. The summed E-state index contributed by atoms with van der Waals surface area (Å²) in [5.74, 6) is -0.147. The van der Waals surface area contributed by atoms with Crippen molar-refractivity contribution in [3.63, 3.8) is 0 Å². The fraction of sp³-hybridized carbons (Fsp3) is 0.200. The number of hydrogen-bond acceptors (Lipinski definition) is 3. The summed E-state index contributed by atoms with van der Waals surface area (Å²) in [6.07, 6.45) is 2.81. The molecule has 5 heteroatoms. The van der Waals surface area contributed by atoms with Crippen molar-refractivity contribution in [3.8, 4) is 0 Å². The van der Waals surface area contributed by atoms with Crippen LogP contribution in [0.4, 0.5) is 0 Å². The lowest BCUT2D eigenvalue weighted by Crippen LogP contribution is -2.29. The zero-order chi connectivity index (χ0) is 14.4. The molecule has 2 N–H and O–H groups in total. The number of aliphatic hydroxyl groups excluding tert-OH is 1. The highest BCUT2D eigenvalue weighted by atomic mass is 35.5. The average molecular weight is 291 g/mol. The van der Waals surface area contributed by atoms with Gasteiger partial charge in [-0.2, -0.15) is 0 Å². The number of nitrogens with one attached hydrogen (secondary N) is 1. The van der Waals surface area contributed by atoms with Gasteiger partial charge in [0.2, 0.25) is 5.91 Å². The highest BCUT2D eigenvalue weighted by Crippen LogP contribution is 2.15. The topological polar surface area (TPSA) is 62.2 Å². The minimum absolute atomic E-state index is 0.147. The molecule has 2 rings (SSSR count). The molecule has 1 atom stereocenters. The van der Waals surface area contributed by atoms with E-state index in [1.807, 2.05) is 6.07 Å². The third-order valence-electron chi connectivity index (χ3n) is 2.83. The third-order valence-corrected chi connectivity index (χ3v) is 3.09. The molecule has 0 spiro atoms. The average Bonchev–Trinajstić information content (AvgIpc) is 2.46. The van der Waals surface area contributed by atoms with E-state index in [2.05, 4.69) is 10.3 Å². The number of aliphatic hydroxyl groups is 1. The summed E-state index contributed by atoms with van der Waals surface area (Å²) in [5, 5.41) is 13.3. The lowest BCUT2D eigenvalue weighted by molar-refractivity contribution is -0.120. The summed E-state index contributed by atoms with van der Waals surface area (Å²) in [5.41, 5.74) is 1.56. The Morgan fingerprint density at radius 1 is 1.30 bits per heavy atom. The normalized spacial score (nSPS) is 11.9. The van der Waals surface area contributed by atoms with Crippen molar-refractivity contribution in [3.05, 3.63) is 64.9 Å². The Morgan fingerprint density at radius 2 is 2.05 bits per heavy atom. The molecule has 20 heavy (non-hydrogen) atoms. The van der Waals surface area contributed by atoms with Gasteiger partial charge >= 0.3 is 0 Å². The summed E-state index contributed by atoms with van der Waals surface area (Å²) >= 11 is 5.78. The van der Waals surface area contributed by atoms with Gasteiger partial charge in [-0.3, -0.25) is 9.78 Å². The number of carbonyl (C=O) groups excluding carboxylic acids is 1. The van der Waals surface area contributed by atoms with Crippen LogP contribution in [0.2, 0.25) is 5.02 Å². The minimum Gasteiger partial charge on any atom is -0.387 e. The lowest BCUT2D eigenvalue weighted by atomic mass is 10.1. The van der Waals surface area contributed by atoms with Crippen LogP contribution in [0.5, 0.6) is 0 Å². The number of benzene rings is 1. The van der Waals surface area contributed by atoms with E-state index in [1.54, 1.807) is 42.7 Å². The molecule has 0 aliphatic heterocycles.